The van der Waals surface area contributed by atoms with E-state index in [1.54, 1.807) is 91.0 Å². The number of carbonyl (C=O) groups is 13. The van der Waals surface area contributed by atoms with Crippen molar-refractivity contribution in [3.05, 3.63) is 179 Å². The van der Waals surface area contributed by atoms with Gasteiger partial charge in [0.2, 0.25) is 0 Å². The maximum Gasteiger partial charge on any atom is 0.534 e. The Labute approximate surface area is 637 Å². The van der Waals surface area contributed by atoms with E-state index in [1.807, 2.05) is 37.3 Å². The van der Waals surface area contributed by atoms with E-state index in [0.717, 1.165) is 11.8 Å². The summed E-state index contributed by atoms with van der Waals surface area (Å²) in [5.41, 5.74) is -4.69. The van der Waals surface area contributed by atoms with E-state index in [4.69, 9.17) is 23.7 Å². The Morgan fingerprint density at radius 1 is 0.473 bits per heavy atom. The topological polar surface area (TPSA) is 393 Å². The number of allylic oxidation sites excluding steroid dienone is 8. The van der Waals surface area contributed by atoms with Gasteiger partial charge in [-0.2, -0.15) is 21.6 Å². The summed E-state index contributed by atoms with van der Waals surface area (Å²) < 4.78 is 91.5. The van der Waals surface area contributed by atoms with Gasteiger partial charge in [0.25, 0.3) is 47.3 Å². The van der Waals surface area contributed by atoms with E-state index in [9.17, 15) is 89.0 Å². The molecule has 110 heavy (non-hydrogen) atoms. The van der Waals surface area contributed by atoms with Crippen LogP contribution in [0.2, 0.25) is 0 Å². The van der Waals surface area contributed by atoms with E-state index in [2.05, 4.69) is 48.0 Å². The first kappa shape index (κ1) is 82.6. The predicted molar refractivity (Wildman–Crippen MR) is 384 cm³/mol. The number of aliphatic hydroxyl groups excluding tert-OH is 1. The average Bonchev–Trinajstić information content (AvgIpc) is 0.753. The van der Waals surface area contributed by atoms with Crippen molar-refractivity contribution in [3.63, 3.8) is 0 Å². The van der Waals surface area contributed by atoms with Crippen LogP contribution in [0.15, 0.2) is 179 Å². The van der Waals surface area contributed by atoms with Crippen molar-refractivity contribution in [1.82, 2.24) is 40.9 Å². The molecule has 8 aliphatic rings. The molecule has 4 aromatic carbocycles. The Balaban J connectivity index is 0.000000169. The molecule has 0 unspecified atom stereocenters. The van der Waals surface area contributed by atoms with Crippen LogP contribution in [0.4, 0.5) is 13.2 Å². The largest absolute Gasteiger partial charge is 0.534 e. The van der Waals surface area contributed by atoms with Gasteiger partial charge in [-0.25, -0.2) is 0 Å². The predicted octanol–water partition coefficient (Wildman–Crippen LogP) is 5.45. The van der Waals surface area contributed by atoms with Gasteiger partial charge in [-0.3, -0.25) is 72.1 Å². The maximum atomic E-state index is 12.7. The van der Waals surface area contributed by atoms with Gasteiger partial charge in [0.1, 0.15) is 75.8 Å². The van der Waals surface area contributed by atoms with Crippen molar-refractivity contribution in [2.24, 2.45) is 0 Å². The fourth-order valence-corrected chi connectivity index (χ4v) is 14.3. The van der Waals surface area contributed by atoms with E-state index in [0.29, 0.717) is 90.7 Å². The van der Waals surface area contributed by atoms with Crippen LogP contribution in [-0.4, -0.2) is 202 Å². The minimum Gasteiger partial charge on any atom is -0.510 e. The van der Waals surface area contributed by atoms with Crippen LogP contribution in [0, 0.1) is 0 Å². The molecule has 35 heteroatoms. The fourth-order valence-electron chi connectivity index (χ4n) is 13.5. The van der Waals surface area contributed by atoms with Crippen molar-refractivity contribution in [3.8, 4) is 23.0 Å². The number of hydrogen-bond acceptors (Lipinski definition) is 22. The molecule has 4 fully saturated rings. The smallest absolute Gasteiger partial charge is 0.510 e. The lowest BCUT2D eigenvalue weighted by atomic mass is 9.82. The number of nitrogens with zero attached hydrogens (tertiary/aromatic N) is 4. The van der Waals surface area contributed by atoms with Crippen LogP contribution < -0.4 is 40.2 Å². The quantitative estimate of drug-likeness (QED) is 0.0163. The highest BCUT2D eigenvalue weighted by Gasteiger charge is 2.58. The summed E-state index contributed by atoms with van der Waals surface area (Å²) in [6.45, 7) is 10.2. The molecule has 584 valence electrons. The number of nitrogens with one attached hydrogen (secondary N) is 4. The molecule has 0 radical (unpaired) electrons. The number of carbonyl (C=O) groups excluding carboxylic acids is 13. The third kappa shape index (κ3) is 19.0. The molecule has 8 aliphatic heterocycles. The Morgan fingerprint density at radius 3 is 1.07 bits per heavy atom. The Kier molecular flexibility index (Phi) is 27.1. The van der Waals surface area contributed by atoms with Gasteiger partial charge in [-0.05, 0) is 94.0 Å². The van der Waals surface area contributed by atoms with Gasteiger partial charge in [0.15, 0.2) is 55.3 Å². The molecule has 0 saturated carbocycles. The summed E-state index contributed by atoms with van der Waals surface area (Å²) in [6, 6.07) is 30.6. The first-order chi connectivity index (χ1) is 52.3. The SMILES string of the molecule is C=C(OCC)C1=C(C(C)=O)N2C(=O)[C@@H](NC(=O)COc3ccccc3)[C@H]2CC1.CC(=O)C1=C(C(=O)CBr)CC[C@@H]2[C@H](NC(=O)COc3ccccc3)C(=O)N12.CC(=O)C1=C(O)CC[C@@H]2[C@H](NC(=O)COc3ccccc3)C(=O)N12.CC(=O)C1=C(OS(=O)(=O)C(F)(F)F)CC[C@@H]2[C@H](NC(=O)COc3ccccc3)C(=O)N12. The second-order valence-corrected chi connectivity index (χ2v) is 27.8. The molecule has 0 aliphatic carbocycles. The van der Waals surface area contributed by atoms with Crippen LogP contribution in [0.25, 0.3) is 0 Å². The van der Waals surface area contributed by atoms with E-state index in [-0.39, 0.29) is 127 Å². The first-order valence-electron chi connectivity index (χ1n) is 34.6. The summed E-state index contributed by atoms with van der Waals surface area (Å²) in [5, 5.41) is 20.4. The molecule has 0 bridgehead atoms. The molecule has 8 heterocycles. The summed E-state index contributed by atoms with van der Waals surface area (Å²) in [7, 11) is -6.00. The number of ether oxygens (including phenoxy) is 5. The molecule has 4 aromatic rings. The first-order valence-corrected chi connectivity index (χ1v) is 37.1. The zero-order valence-electron chi connectivity index (χ0n) is 60.0. The van der Waals surface area contributed by atoms with Crippen molar-refractivity contribution < 1.29 is 117 Å². The number of rotatable bonds is 27. The van der Waals surface area contributed by atoms with Gasteiger partial charge >= 0.3 is 15.6 Å². The number of aliphatic hydroxyl groups is 1. The average molecular weight is 1610 g/mol. The van der Waals surface area contributed by atoms with Crippen molar-refractivity contribution >= 4 is 102 Å². The van der Waals surface area contributed by atoms with Gasteiger partial charge in [-0.15, -0.1) is 0 Å². The zero-order chi connectivity index (χ0) is 80.1. The number of Topliss-reactive ketones (excluding diaryl/α,β-unsaturated/α-hetero) is 5. The maximum absolute atomic E-state index is 12.7. The van der Waals surface area contributed by atoms with E-state index >= 15 is 0 Å². The van der Waals surface area contributed by atoms with Crippen molar-refractivity contribution in [1.29, 1.82) is 0 Å². The Hall–Kier alpha value is -11.5. The monoisotopic (exact) mass is 1610 g/mol. The van der Waals surface area contributed by atoms with Crippen LogP contribution in [0.1, 0.15) is 86.0 Å². The van der Waals surface area contributed by atoms with E-state index < -0.39 is 86.7 Å². The van der Waals surface area contributed by atoms with Crippen LogP contribution in [0.3, 0.4) is 0 Å². The molecule has 0 aromatic heterocycles. The van der Waals surface area contributed by atoms with Gasteiger partial charge in [-0.1, -0.05) is 95.3 Å². The normalized spacial score (nSPS) is 21.4. The third-order valence-corrected chi connectivity index (χ3v) is 19.8. The van der Waals surface area contributed by atoms with Crippen molar-refractivity contribution in [2.75, 3.05) is 38.4 Å². The number of hydrogen-bond donors (Lipinski definition) is 5. The number of ketones is 5. The highest BCUT2D eigenvalue weighted by Crippen LogP contribution is 2.43. The summed E-state index contributed by atoms with van der Waals surface area (Å²) >= 11 is 3.11. The molecule has 30 nitrogen and oxygen atoms in total. The lowest BCUT2D eigenvalue weighted by Crippen LogP contribution is -2.72. The van der Waals surface area contributed by atoms with Crippen LogP contribution in [-0.2, 0) is 81.4 Å². The highest BCUT2D eigenvalue weighted by atomic mass is 79.9. The summed E-state index contributed by atoms with van der Waals surface area (Å²) in [6.07, 6.45) is 2.56. The fraction of sp³-hybridized carbons (Fsp3) is 0.373. The van der Waals surface area contributed by atoms with Gasteiger partial charge in [0.05, 0.1) is 47.5 Å². The number of fused-ring (bicyclic) bond motifs is 4. The van der Waals surface area contributed by atoms with Gasteiger partial charge in [0, 0.05) is 51.7 Å². The molecular formula is C75H78BrF3N8O22S. The van der Waals surface area contributed by atoms with Gasteiger partial charge < -0.3 is 64.0 Å². The number of amides is 8. The highest BCUT2D eigenvalue weighted by molar-refractivity contribution is 9.09. The number of β-lactam (4-membered cyclic amide) rings is 4. The third-order valence-electron chi connectivity index (χ3n) is 18.3. The number of halogens is 4. The molecule has 0 spiro atoms. The summed E-state index contributed by atoms with van der Waals surface area (Å²) in [4.78, 5) is 163. The van der Waals surface area contributed by atoms with Crippen LogP contribution in [0.5, 0.6) is 23.0 Å². The molecule has 4 saturated heterocycles. The Morgan fingerprint density at radius 2 is 0.764 bits per heavy atom. The molecule has 5 N–H and O–H groups in total. The molecule has 12 rings (SSSR count). The Bertz CT molecular complexity index is 4540. The zero-order valence-corrected chi connectivity index (χ0v) is 62.4. The lowest BCUT2D eigenvalue weighted by Gasteiger charge is -2.50. The number of benzene rings is 4. The molecule has 8 atom stereocenters. The second-order valence-electron chi connectivity index (χ2n) is 25.7. The molecule has 8 amide bonds. The lowest BCUT2D eigenvalue weighted by molar-refractivity contribution is -0.153. The molecular weight excluding hydrogens is 1530 g/mol. The number of alkyl halides is 4. The van der Waals surface area contributed by atoms with Crippen molar-refractivity contribution in [2.45, 2.75) is 140 Å². The second kappa shape index (κ2) is 36.1. The standard InChI is InChI=1S/C21H24N2O5.C19H19BrN2O5.C18H17F3N2O7S.C17H18N2O5/c1-4-27-14(3)16-10-11-17-19(21(26)23(17)20(16)13(2)24)22-18(25)12-28-15-8-6-5-7-9-15;1-11(23)18-13(15(24)9-20)7-8-14-17(19(26)22(14)18)21-16(25)10-27-12-5-3-2-4-6-12;1-10(24)16-13(30-31(27,28)18(19,20)21)8-7-12-15(17(26)23(12)16)22-14(25)9-29-11-5-3-2-4-6-11;1-10(20)16-13(21)8-7-12-15(17(23)19(12)16)18-14(22)9-24-11-5-3-2-4-6-11/h5-9,17,19H,3-4,10-12H2,1-2H3,(H,22,25);2-6,14,17H,7-10H2,1H3,(H,21,25);2-6,12,15H,7-9H2,1H3,(H,22,25);2-6,12,15,21H,7-9H2,1H3,(H,18,22)/t17-,19+;14-,17+;2*12-,15+/m1111/s1. The minimum atomic E-state index is -6.00. The van der Waals surface area contributed by atoms with Crippen LogP contribution >= 0.6 is 15.9 Å². The summed E-state index contributed by atoms with van der Waals surface area (Å²) in [5.74, 6) is -3.83. The number of para-hydroxylation sites is 4. The van der Waals surface area contributed by atoms with E-state index in [1.165, 1.54) is 35.5 Å². The minimum absolute atomic E-state index is 0.0181.